The molecule has 0 fully saturated rings. The van der Waals surface area contributed by atoms with Crippen LogP contribution in [0.1, 0.15) is 23.0 Å². The maximum atomic E-state index is 14.5. The number of hydrogen-bond acceptors (Lipinski definition) is 5. The first-order valence-electron chi connectivity index (χ1n) is 11.3. The van der Waals surface area contributed by atoms with E-state index in [2.05, 4.69) is 15.3 Å². The molecule has 2 heterocycles. The van der Waals surface area contributed by atoms with Crippen LogP contribution in [0.25, 0.3) is 22.2 Å². The average Bonchev–Trinajstić information content (AvgIpc) is 2.91. The number of nitrogens with zero attached hydrogens (tertiary/aromatic N) is 2. The molecule has 0 aliphatic heterocycles. The minimum atomic E-state index is -4.80. The molecule has 1 amide bonds. The van der Waals surface area contributed by atoms with E-state index in [1.165, 1.54) is 50.6 Å². The third kappa shape index (κ3) is 5.08. The summed E-state index contributed by atoms with van der Waals surface area (Å²) in [5.41, 5.74) is -2.03. The Bertz CT molecular complexity index is 1510. The number of nitrogens with one attached hydrogen (secondary N) is 1. The number of ether oxygens (including phenoxy) is 2. The van der Waals surface area contributed by atoms with Crippen LogP contribution in [0.15, 0.2) is 60.8 Å². The third-order valence-corrected chi connectivity index (χ3v) is 6.51. The van der Waals surface area contributed by atoms with Gasteiger partial charge in [0.15, 0.2) is 0 Å². The highest BCUT2D eigenvalue weighted by Crippen LogP contribution is 2.42. The number of carbonyl (C=O) groups is 1. The molecule has 0 aliphatic rings. The topological polar surface area (TPSA) is 73.3 Å². The summed E-state index contributed by atoms with van der Waals surface area (Å²) in [7, 11) is 2.74. The van der Waals surface area contributed by atoms with Crippen LogP contribution >= 0.6 is 11.6 Å². The molecule has 1 N–H and O–H groups in total. The van der Waals surface area contributed by atoms with Gasteiger partial charge >= 0.3 is 6.18 Å². The molecule has 38 heavy (non-hydrogen) atoms. The van der Waals surface area contributed by atoms with Gasteiger partial charge in [0.2, 0.25) is 0 Å². The maximum absolute atomic E-state index is 14.5. The van der Waals surface area contributed by atoms with Gasteiger partial charge in [-0.1, -0.05) is 17.7 Å². The number of rotatable bonds is 7. The minimum Gasteiger partial charge on any atom is -0.494 e. The van der Waals surface area contributed by atoms with Crippen LogP contribution in [0, 0.1) is 5.82 Å². The molecule has 0 radical (unpaired) electrons. The van der Waals surface area contributed by atoms with Gasteiger partial charge in [-0.3, -0.25) is 9.78 Å². The number of fused-ring (bicyclic) bond motifs is 1. The van der Waals surface area contributed by atoms with Gasteiger partial charge in [-0.15, -0.1) is 0 Å². The van der Waals surface area contributed by atoms with Crippen LogP contribution in [0.3, 0.4) is 0 Å². The van der Waals surface area contributed by atoms with Gasteiger partial charge < -0.3 is 14.8 Å². The second kappa shape index (κ2) is 10.4. The van der Waals surface area contributed by atoms with Crippen molar-refractivity contribution in [1.82, 2.24) is 15.3 Å². The highest BCUT2D eigenvalue weighted by atomic mass is 35.5. The van der Waals surface area contributed by atoms with E-state index in [0.717, 1.165) is 13.0 Å². The summed E-state index contributed by atoms with van der Waals surface area (Å²) in [4.78, 5) is 21.4. The van der Waals surface area contributed by atoms with Crippen LogP contribution in [0.4, 0.5) is 17.6 Å². The number of carbonyl (C=O) groups excluding carboxylic acids is 1. The Morgan fingerprint density at radius 2 is 1.76 bits per heavy atom. The Kier molecular flexibility index (Phi) is 7.46. The van der Waals surface area contributed by atoms with Gasteiger partial charge in [-0.05, 0) is 55.5 Å². The lowest BCUT2D eigenvalue weighted by Crippen LogP contribution is -2.49. The molecule has 2 aromatic carbocycles. The predicted molar refractivity (Wildman–Crippen MR) is 135 cm³/mol. The van der Waals surface area contributed by atoms with E-state index in [1.54, 1.807) is 18.3 Å². The Balaban J connectivity index is 1.70. The Labute approximate surface area is 220 Å². The normalized spacial score (nSPS) is 13.2. The first kappa shape index (κ1) is 27.1. The van der Waals surface area contributed by atoms with Crippen molar-refractivity contribution >= 4 is 28.4 Å². The van der Waals surface area contributed by atoms with Crippen molar-refractivity contribution < 1.29 is 31.8 Å². The molecule has 0 aliphatic carbocycles. The van der Waals surface area contributed by atoms with E-state index in [4.69, 9.17) is 21.1 Å². The Morgan fingerprint density at radius 1 is 1.03 bits per heavy atom. The summed E-state index contributed by atoms with van der Waals surface area (Å²) in [6.45, 7) is 0.125. The molecule has 198 valence electrons. The fraction of sp³-hybridized carbons (Fsp3) is 0.222. The summed E-state index contributed by atoms with van der Waals surface area (Å²) in [5.74, 6) is -0.939. The first-order valence-corrected chi connectivity index (χ1v) is 11.6. The lowest BCUT2D eigenvalue weighted by molar-refractivity contribution is -0.184. The van der Waals surface area contributed by atoms with Gasteiger partial charge in [0.25, 0.3) is 5.91 Å². The fourth-order valence-electron chi connectivity index (χ4n) is 3.91. The number of amides is 1. The highest BCUT2D eigenvalue weighted by molar-refractivity contribution is 6.31. The molecule has 4 rings (SSSR count). The van der Waals surface area contributed by atoms with Gasteiger partial charge in [0, 0.05) is 29.3 Å². The van der Waals surface area contributed by atoms with Crippen molar-refractivity contribution in [1.29, 1.82) is 0 Å². The number of hydrogen-bond donors (Lipinski definition) is 1. The highest BCUT2D eigenvalue weighted by Gasteiger charge is 2.53. The summed E-state index contributed by atoms with van der Waals surface area (Å²) in [6.07, 6.45) is -3.24. The van der Waals surface area contributed by atoms with Crippen LogP contribution in [0.5, 0.6) is 11.5 Å². The zero-order valence-electron chi connectivity index (χ0n) is 20.5. The van der Waals surface area contributed by atoms with Crippen LogP contribution in [0.2, 0.25) is 5.02 Å². The van der Waals surface area contributed by atoms with E-state index in [-0.39, 0.29) is 33.3 Å². The van der Waals surface area contributed by atoms with Crippen molar-refractivity contribution in [2.24, 2.45) is 0 Å². The number of methoxy groups -OCH3 is 2. The van der Waals surface area contributed by atoms with E-state index < -0.39 is 29.9 Å². The Morgan fingerprint density at radius 3 is 2.42 bits per heavy atom. The van der Waals surface area contributed by atoms with E-state index in [9.17, 15) is 22.4 Å². The summed E-state index contributed by atoms with van der Waals surface area (Å²) >= 11 is 5.88. The zero-order valence-corrected chi connectivity index (χ0v) is 21.2. The standard InChI is InChI=1S/C27H22ClF4N3O3/c1-26(27(30,31)32,14-34-25(36)17-11-15-5-4-10-33-23(15)21(13-17)38-3)22-9-8-20(37-2)24(35-22)16-6-7-19(29)18(28)12-16/h4-13H,14H2,1-3H3,(H,34,36). The summed E-state index contributed by atoms with van der Waals surface area (Å²) in [5, 5.41) is 2.76. The zero-order chi connectivity index (χ0) is 27.7. The van der Waals surface area contributed by atoms with E-state index in [0.29, 0.717) is 16.7 Å². The van der Waals surface area contributed by atoms with Crippen LogP contribution in [-0.2, 0) is 5.41 Å². The Hall–Kier alpha value is -3.92. The largest absolute Gasteiger partial charge is 0.494 e. The van der Waals surface area contributed by atoms with Crippen molar-refractivity contribution in [3.63, 3.8) is 0 Å². The van der Waals surface area contributed by atoms with Crippen molar-refractivity contribution in [3.8, 4) is 22.8 Å². The lowest BCUT2D eigenvalue weighted by atomic mass is 9.84. The van der Waals surface area contributed by atoms with Gasteiger partial charge in [0.1, 0.15) is 33.9 Å². The smallest absolute Gasteiger partial charge is 0.401 e. The molecule has 2 aromatic heterocycles. The molecule has 0 saturated carbocycles. The quantitative estimate of drug-likeness (QED) is 0.273. The number of aromatic nitrogens is 2. The first-order chi connectivity index (χ1) is 18.0. The van der Waals surface area contributed by atoms with Crippen LogP contribution < -0.4 is 14.8 Å². The van der Waals surface area contributed by atoms with Gasteiger partial charge in [-0.2, -0.15) is 13.2 Å². The molecular weight excluding hydrogens is 526 g/mol. The maximum Gasteiger partial charge on any atom is 0.401 e. The van der Waals surface area contributed by atoms with Crippen molar-refractivity contribution in [2.75, 3.05) is 20.8 Å². The van der Waals surface area contributed by atoms with Gasteiger partial charge in [0.05, 0.1) is 24.9 Å². The second-order valence-electron chi connectivity index (χ2n) is 8.64. The summed E-state index contributed by atoms with van der Waals surface area (Å²) in [6, 6.07) is 12.5. The molecule has 0 saturated heterocycles. The average molecular weight is 548 g/mol. The lowest BCUT2D eigenvalue weighted by Gasteiger charge is -2.32. The number of pyridine rings is 2. The molecule has 6 nitrogen and oxygen atoms in total. The number of halogens is 5. The van der Waals surface area contributed by atoms with Crippen molar-refractivity contribution in [2.45, 2.75) is 18.5 Å². The number of alkyl halides is 3. The predicted octanol–water partition coefficient (Wildman–Crippen LogP) is 6.36. The van der Waals surface area contributed by atoms with Gasteiger partial charge in [-0.25, -0.2) is 9.37 Å². The molecule has 1 atom stereocenters. The number of benzene rings is 2. The molecule has 4 aromatic rings. The van der Waals surface area contributed by atoms with Crippen molar-refractivity contribution in [3.05, 3.63) is 82.9 Å². The molecule has 11 heteroatoms. The SMILES string of the molecule is COc1ccc(C(C)(CNC(=O)c2cc(OC)c3ncccc3c2)C(F)(F)F)nc1-c1ccc(F)c(Cl)c1. The fourth-order valence-corrected chi connectivity index (χ4v) is 4.09. The monoisotopic (exact) mass is 547 g/mol. The second-order valence-corrected chi connectivity index (χ2v) is 9.05. The molecule has 0 spiro atoms. The minimum absolute atomic E-state index is 0.0421. The van der Waals surface area contributed by atoms with E-state index in [1.807, 2.05) is 0 Å². The van der Waals surface area contributed by atoms with Crippen LogP contribution in [-0.4, -0.2) is 42.8 Å². The summed E-state index contributed by atoms with van der Waals surface area (Å²) < 4.78 is 67.7. The molecular formula is C27H22ClF4N3O3. The third-order valence-electron chi connectivity index (χ3n) is 6.22. The van der Waals surface area contributed by atoms with E-state index >= 15 is 0 Å². The molecule has 0 bridgehead atoms. The molecule has 1 unspecified atom stereocenters.